The van der Waals surface area contributed by atoms with Crippen molar-refractivity contribution in [3.63, 3.8) is 0 Å². The maximum Gasteiger partial charge on any atom is 0.405 e. The minimum atomic E-state index is -3.88. The van der Waals surface area contributed by atoms with E-state index in [0.29, 0.717) is 30.7 Å². The number of carbonyl (C=O) groups excluding carboxylic acids is 3. The predicted octanol–water partition coefficient (Wildman–Crippen LogP) is 2.22. The third-order valence-corrected chi connectivity index (χ3v) is 10.9. The Balaban J connectivity index is 1.47. The number of aromatic nitrogens is 1. The average Bonchev–Trinajstić information content (AvgIpc) is 3.86. The molecule has 3 heterocycles. The normalized spacial score (nSPS) is 32.8. The summed E-state index contributed by atoms with van der Waals surface area (Å²) in [7, 11) is -3.88. The standard InChI is InChI=1S/C29H38ClN5O8S/c1-16-5-3-4-6-18-14-29(18,27(38)34-44(41,42)21-7-8-21)33-25(36)22-13-20(43-23-12-19(30)9-10-31-23)15-35(22)26(37)24(17(2)11-16)32-28(39)40/h4,6,9-10,12,16-18,20-22,24,32H,3,5,7-8,11,13-15H2,1-2H3,(H,33,36)(H,34,38)(H,39,40)/t16-,17-,18-,20-,22+,24+,29-/m1/s1. The second-order valence-electron chi connectivity index (χ2n) is 12.5. The van der Waals surface area contributed by atoms with Gasteiger partial charge in [-0.2, -0.15) is 0 Å². The van der Waals surface area contributed by atoms with Crippen LogP contribution in [0.15, 0.2) is 30.5 Å². The molecule has 1 aromatic heterocycles. The Morgan fingerprint density at radius 3 is 2.64 bits per heavy atom. The first-order valence-electron chi connectivity index (χ1n) is 14.9. The summed E-state index contributed by atoms with van der Waals surface area (Å²) in [6.45, 7) is 3.77. The molecule has 2 saturated carbocycles. The molecule has 44 heavy (non-hydrogen) atoms. The van der Waals surface area contributed by atoms with Gasteiger partial charge >= 0.3 is 6.09 Å². The van der Waals surface area contributed by atoms with E-state index < -0.39 is 68.7 Å². The number of sulfonamides is 1. The molecule has 0 radical (unpaired) electrons. The van der Waals surface area contributed by atoms with Crippen molar-refractivity contribution in [1.82, 2.24) is 25.2 Å². The molecule has 4 amide bonds. The summed E-state index contributed by atoms with van der Waals surface area (Å²) >= 11 is 6.08. The lowest BCUT2D eigenvalue weighted by molar-refractivity contribution is -0.142. The van der Waals surface area contributed by atoms with Crippen LogP contribution >= 0.6 is 11.6 Å². The van der Waals surface area contributed by atoms with Crippen LogP contribution in [0.1, 0.15) is 58.8 Å². The molecule has 0 bridgehead atoms. The first kappa shape index (κ1) is 32.0. The van der Waals surface area contributed by atoms with Crippen molar-refractivity contribution in [3.8, 4) is 5.88 Å². The Kier molecular flexibility index (Phi) is 9.13. The highest BCUT2D eigenvalue weighted by Crippen LogP contribution is 2.46. The molecule has 0 aromatic carbocycles. The number of allylic oxidation sites excluding steroid dienone is 1. The highest BCUT2D eigenvalue weighted by atomic mass is 35.5. The quantitative estimate of drug-likeness (QED) is 0.335. The SMILES string of the molecule is C[C@@H]1CCC=C[C@@H]2C[C@@]2(C(=O)NS(=O)(=O)C2CC2)NC(=O)[C@@H]2C[C@@H](Oc3cc(Cl)ccn3)CN2C(=O)[C@@H](NC(=O)O)[C@H](C)C1. The number of hydrogen-bond acceptors (Lipinski definition) is 8. The molecule has 240 valence electrons. The van der Waals surface area contributed by atoms with Crippen molar-refractivity contribution in [2.75, 3.05) is 6.54 Å². The first-order valence-corrected chi connectivity index (χ1v) is 16.8. The van der Waals surface area contributed by atoms with Crippen LogP contribution in [-0.2, 0) is 24.4 Å². The number of nitrogens with zero attached hydrogens (tertiary/aromatic N) is 2. The van der Waals surface area contributed by atoms with Crippen LogP contribution in [0.25, 0.3) is 0 Å². The molecule has 3 fully saturated rings. The minimum absolute atomic E-state index is 0.0227. The van der Waals surface area contributed by atoms with Crippen molar-refractivity contribution in [2.45, 2.75) is 87.8 Å². The van der Waals surface area contributed by atoms with Crippen LogP contribution in [-0.4, -0.2) is 82.7 Å². The Bertz CT molecular complexity index is 1450. The molecule has 7 atom stereocenters. The lowest BCUT2D eigenvalue weighted by Gasteiger charge is -2.32. The molecular formula is C29H38ClN5O8S. The van der Waals surface area contributed by atoms with Gasteiger partial charge in [-0.25, -0.2) is 18.2 Å². The third kappa shape index (κ3) is 7.12. The van der Waals surface area contributed by atoms with E-state index in [4.69, 9.17) is 16.3 Å². The number of nitrogens with one attached hydrogen (secondary N) is 3. The van der Waals surface area contributed by atoms with E-state index in [-0.39, 0.29) is 37.1 Å². The van der Waals surface area contributed by atoms with Crippen LogP contribution in [0, 0.1) is 17.8 Å². The molecule has 15 heteroatoms. The van der Waals surface area contributed by atoms with Crippen molar-refractivity contribution in [3.05, 3.63) is 35.5 Å². The van der Waals surface area contributed by atoms with Crippen LogP contribution in [0.5, 0.6) is 5.88 Å². The molecule has 1 saturated heterocycles. The summed E-state index contributed by atoms with van der Waals surface area (Å²) in [5, 5.41) is 14.5. The molecule has 4 aliphatic rings. The first-order chi connectivity index (χ1) is 20.8. The van der Waals surface area contributed by atoms with Gasteiger partial charge in [0.1, 0.15) is 23.7 Å². The van der Waals surface area contributed by atoms with Gasteiger partial charge in [0.15, 0.2) is 0 Å². The van der Waals surface area contributed by atoms with Crippen LogP contribution in [0.4, 0.5) is 4.79 Å². The van der Waals surface area contributed by atoms with E-state index in [1.807, 2.05) is 19.1 Å². The van der Waals surface area contributed by atoms with E-state index in [0.717, 1.165) is 6.42 Å². The summed E-state index contributed by atoms with van der Waals surface area (Å²) in [5.74, 6) is -2.56. The van der Waals surface area contributed by atoms with Crippen molar-refractivity contribution < 1.29 is 37.4 Å². The molecule has 13 nitrogen and oxygen atoms in total. The number of rotatable bonds is 6. The molecule has 4 N–H and O–H groups in total. The minimum Gasteiger partial charge on any atom is -0.472 e. The maximum atomic E-state index is 14.0. The molecular weight excluding hydrogens is 614 g/mol. The third-order valence-electron chi connectivity index (χ3n) is 8.88. The highest BCUT2D eigenvalue weighted by Gasteiger charge is 2.62. The summed E-state index contributed by atoms with van der Waals surface area (Å²) in [5.41, 5.74) is -1.50. The van der Waals surface area contributed by atoms with Crippen LogP contribution < -0.4 is 20.1 Å². The van der Waals surface area contributed by atoms with E-state index in [1.54, 1.807) is 13.0 Å². The summed E-state index contributed by atoms with van der Waals surface area (Å²) in [6, 6.07) is 0.805. The van der Waals surface area contributed by atoms with Crippen molar-refractivity contribution in [2.24, 2.45) is 17.8 Å². The Morgan fingerprint density at radius 1 is 1.20 bits per heavy atom. The van der Waals surface area contributed by atoms with Gasteiger partial charge in [-0.1, -0.05) is 37.6 Å². The second-order valence-corrected chi connectivity index (χ2v) is 14.9. The fourth-order valence-corrected chi connectivity index (χ4v) is 7.76. The zero-order valence-electron chi connectivity index (χ0n) is 24.6. The fraction of sp³-hybridized carbons (Fsp3) is 0.621. The van der Waals surface area contributed by atoms with Gasteiger partial charge < -0.3 is 25.4 Å². The lowest BCUT2D eigenvalue weighted by Crippen LogP contribution is -2.59. The second kappa shape index (κ2) is 12.5. The molecule has 0 unspecified atom stereocenters. The molecule has 5 rings (SSSR count). The number of halogens is 1. The van der Waals surface area contributed by atoms with Gasteiger partial charge in [0, 0.05) is 29.6 Å². The van der Waals surface area contributed by atoms with Gasteiger partial charge in [-0.05, 0) is 56.4 Å². The van der Waals surface area contributed by atoms with Gasteiger partial charge in [0.2, 0.25) is 27.7 Å². The zero-order chi connectivity index (χ0) is 31.8. The molecule has 0 spiro atoms. The van der Waals surface area contributed by atoms with Crippen LogP contribution in [0.3, 0.4) is 0 Å². The Hall–Kier alpha value is -3.39. The maximum absolute atomic E-state index is 14.0. The van der Waals surface area contributed by atoms with E-state index in [1.165, 1.54) is 17.2 Å². The molecule has 1 aromatic rings. The molecule has 2 aliphatic carbocycles. The van der Waals surface area contributed by atoms with Crippen LogP contribution in [0.2, 0.25) is 5.02 Å². The van der Waals surface area contributed by atoms with Gasteiger partial charge in [0.05, 0.1) is 11.8 Å². The highest BCUT2D eigenvalue weighted by molar-refractivity contribution is 7.91. The van der Waals surface area contributed by atoms with E-state index in [2.05, 4.69) is 20.3 Å². The zero-order valence-corrected chi connectivity index (χ0v) is 26.1. The Morgan fingerprint density at radius 2 is 1.95 bits per heavy atom. The fourth-order valence-electron chi connectivity index (χ4n) is 6.25. The number of fused-ring (bicyclic) bond motifs is 2. The number of ether oxygens (including phenoxy) is 1. The summed E-state index contributed by atoms with van der Waals surface area (Å²) in [4.78, 5) is 58.7. The van der Waals surface area contributed by atoms with E-state index >= 15 is 0 Å². The monoisotopic (exact) mass is 651 g/mol. The summed E-state index contributed by atoms with van der Waals surface area (Å²) in [6.07, 6.45) is 6.26. The topological polar surface area (TPSA) is 184 Å². The predicted molar refractivity (Wildman–Crippen MR) is 159 cm³/mol. The number of hydrogen-bond donors (Lipinski definition) is 4. The van der Waals surface area contributed by atoms with Gasteiger partial charge in [-0.15, -0.1) is 0 Å². The number of carboxylic acid groups (broad SMARTS) is 1. The van der Waals surface area contributed by atoms with E-state index in [9.17, 15) is 32.7 Å². The lowest BCUT2D eigenvalue weighted by atomic mass is 9.88. The number of amides is 4. The Labute approximate surface area is 261 Å². The van der Waals surface area contributed by atoms with Gasteiger partial charge in [0.25, 0.3) is 5.91 Å². The number of carbonyl (C=O) groups is 4. The largest absolute Gasteiger partial charge is 0.472 e. The van der Waals surface area contributed by atoms with Crippen molar-refractivity contribution >= 4 is 45.4 Å². The number of pyridine rings is 1. The summed E-state index contributed by atoms with van der Waals surface area (Å²) < 4.78 is 33.4. The smallest absolute Gasteiger partial charge is 0.405 e. The van der Waals surface area contributed by atoms with Crippen molar-refractivity contribution in [1.29, 1.82) is 0 Å². The average molecular weight is 652 g/mol. The molecule has 2 aliphatic heterocycles. The van der Waals surface area contributed by atoms with Gasteiger partial charge in [-0.3, -0.25) is 19.1 Å².